The van der Waals surface area contributed by atoms with Crippen LogP contribution in [0.5, 0.6) is 0 Å². The van der Waals surface area contributed by atoms with Gasteiger partial charge in [-0.3, -0.25) is 4.79 Å². The number of anilines is 1. The van der Waals surface area contributed by atoms with Crippen LogP contribution < -0.4 is 9.62 Å². The van der Waals surface area contributed by atoms with Crippen LogP contribution in [0.15, 0.2) is 71.6 Å². The van der Waals surface area contributed by atoms with Gasteiger partial charge in [0.2, 0.25) is 0 Å². The highest BCUT2D eigenvalue weighted by Gasteiger charge is 2.29. The molecule has 0 spiro atoms. The third-order valence-electron chi connectivity index (χ3n) is 4.48. The number of ether oxygens (including phenoxy) is 1. The average molecular weight is 473 g/mol. The van der Waals surface area contributed by atoms with E-state index in [0.717, 1.165) is 16.3 Å². The number of carbonyl (C=O) groups excluding carboxylic acids is 2. The maximum absolute atomic E-state index is 13.2. The Balaban J connectivity index is 2.00. The van der Waals surface area contributed by atoms with Crippen LogP contribution in [0.2, 0.25) is 0 Å². The van der Waals surface area contributed by atoms with Gasteiger partial charge in [-0.2, -0.15) is 4.31 Å². The van der Waals surface area contributed by atoms with E-state index in [4.69, 9.17) is 4.74 Å². The van der Waals surface area contributed by atoms with Crippen LogP contribution in [0.1, 0.15) is 45.6 Å². The van der Waals surface area contributed by atoms with Gasteiger partial charge < -0.3 is 10.1 Å². The Bertz CT molecular complexity index is 1060. The Labute approximate surface area is 196 Å². The number of hydrogen-bond acceptors (Lipinski definition) is 5. The monoisotopic (exact) mass is 472 g/mol. The second-order valence-electron chi connectivity index (χ2n) is 8.58. The lowest BCUT2D eigenvalue weighted by Gasteiger charge is -2.21. The normalized spacial score (nSPS) is 11.9. The van der Waals surface area contributed by atoms with Crippen LogP contribution >= 0.6 is 0 Å². The first kappa shape index (κ1) is 26.1. The van der Waals surface area contributed by atoms with Crippen molar-refractivity contribution in [1.82, 2.24) is 5.32 Å². The van der Waals surface area contributed by atoms with Crippen molar-refractivity contribution in [3.8, 4) is 0 Å². The van der Waals surface area contributed by atoms with Gasteiger partial charge in [0, 0.05) is 12.6 Å². The van der Waals surface area contributed by atoms with Crippen molar-refractivity contribution in [3.63, 3.8) is 0 Å². The fourth-order valence-electron chi connectivity index (χ4n) is 2.91. The van der Waals surface area contributed by atoms with Gasteiger partial charge in [-0.05, 0) is 71.2 Å². The number of nitrogens with zero attached hydrogens (tertiary/aromatic N) is 1. The molecular weight excluding hydrogens is 440 g/mol. The number of carbonyl (C=O) groups is 2. The Morgan fingerprint density at radius 1 is 1.00 bits per heavy atom. The molecule has 2 aromatic carbocycles. The van der Waals surface area contributed by atoms with Gasteiger partial charge in [0.05, 0.1) is 10.6 Å². The van der Waals surface area contributed by atoms with Crippen molar-refractivity contribution in [2.75, 3.05) is 10.8 Å². The molecule has 0 aliphatic carbocycles. The van der Waals surface area contributed by atoms with Crippen LogP contribution in [0.3, 0.4) is 0 Å². The van der Waals surface area contributed by atoms with E-state index in [2.05, 4.69) is 5.32 Å². The molecule has 0 aliphatic rings. The number of nitrogens with one attached hydrogen (secondary N) is 1. The molecule has 2 aromatic rings. The molecular formula is C25H32N2O5S. The topological polar surface area (TPSA) is 92.8 Å². The second-order valence-corrected chi connectivity index (χ2v) is 10.4. The highest BCUT2D eigenvalue weighted by molar-refractivity contribution is 7.93. The first-order valence-corrected chi connectivity index (χ1v) is 12.3. The van der Waals surface area contributed by atoms with E-state index in [-0.39, 0.29) is 10.6 Å². The number of hydrogen-bond donors (Lipinski definition) is 1. The summed E-state index contributed by atoms with van der Waals surface area (Å²) < 4.78 is 32.5. The zero-order chi connectivity index (χ0) is 24.5. The lowest BCUT2D eigenvalue weighted by molar-refractivity contribution is -0.113. The Morgan fingerprint density at radius 3 is 2.24 bits per heavy atom. The van der Waals surface area contributed by atoms with Gasteiger partial charge in [0.1, 0.15) is 5.60 Å². The average Bonchev–Trinajstić information content (AvgIpc) is 2.73. The first-order valence-electron chi connectivity index (χ1n) is 10.8. The number of sulfonamides is 1. The minimum atomic E-state index is -4.07. The minimum Gasteiger partial charge on any atom is -0.444 e. The minimum absolute atomic E-state index is 0.0481. The van der Waals surface area contributed by atoms with E-state index >= 15 is 0 Å². The molecule has 0 heterocycles. The van der Waals surface area contributed by atoms with Crippen molar-refractivity contribution in [2.45, 2.75) is 57.5 Å². The Kier molecular flexibility index (Phi) is 9.22. The first-order chi connectivity index (χ1) is 15.5. The summed E-state index contributed by atoms with van der Waals surface area (Å²) in [6.45, 7) is 7.71. The maximum Gasteiger partial charge on any atom is 0.407 e. The summed E-state index contributed by atoms with van der Waals surface area (Å²) in [6.07, 6.45) is 4.44. The Hall–Kier alpha value is -3.13. The van der Waals surface area contributed by atoms with E-state index < -0.39 is 27.6 Å². The number of aryl methyl sites for hydroxylation is 1. The zero-order valence-electron chi connectivity index (χ0n) is 19.6. The number of benzene rings is 2. The summed E-state index contributed by atoms with van der Waals surface area (Å²) in [7, 11) is -4.07. The zero-order valence-corrected chi connectivity index (χ0v) is 20.4. The third kappa shape index (κ3) is 8.38. The molecule has 0 saturated carbocycles. The summed E-state index contributed by atoms with van der Waals surface area (Å²) in [4.78, 5) is 24.6. The molecule has 1 N–H and O–H groups in total. The van der Waals surface area contributed by atoms with E-state index in [1.165, 1.54) is 18.2 Å². The van der Waals surface area contributed by atoms with E-state index in [0.29, 0.717) is 19.4 Å². The van der Waals surface area contributed by atoms with Crippen molar-refractivity contribution in [1.29, 1.82) is 0 Å². The quantitative estimate of drug-likeness (QED) is 0.411. The molecule has 0 aliphatic heterocycles. The molecule has 0 unspecified atom stereocenters. The number of allylic oxidation sites excluding steroid dienone is 1. The molecule has 7 nitrogen and oxygen atoms in total. The SMILES string of the molecule is Cc1ccc(S(=O)(=O)N(C(=O)/C=C/CCCCNC(=O)OC(C)(C)C)c2ccccc2)cc1. The van der Waals surface area contributed by atoms with E-state index in [1.807, 2.05) is 6.92 Å². The van der Waals surface area contributed by atoms with Gasteiger partial charge in [0.15, 0.2) is 0 Å². The number of unbranched alkanes of at least 4 members (excludes halogenated alkanes) is 2. The predicted octanol–water partition coefficient (Wildman–Crippen LogP) is 4.97. The van der Waals surface area contributed by atoms with E-state index in [1.54, 1.807) is 69.3 Å². The van der Waals surface area contributed by atoms with E-state index in [9.17, 15) is 18.0 Å². The van der Waals surface area contributed by atoms with Crippen LogP contribution in [0, 0.1) is 6.92 Å². The molecule has 0 radical (unpaired) electrons. The molecule has 0 aromatic heterocycles. The van der Waals surface area contributed by atoms with Crippen LogP contribution in [0.25, 0.3) is 0 Å². The van der Waals surface area contributed by atoms with Crippen LogP contribution in [-0.2, 0) is 19.6 Å². The molecule has 8 heteroatoms. The summed E-state index contributed by atoms with van der Waals surface area (Å²) in [5.74, 6) is -0.645. The van der Waals surface area contributed by atoms with Crippen molar-refractivity contribution >= 4 is 27.7 Å². The summed E-state index contributed by atoms with van der Waals surface area (Å²) >= 11 is 0. The number of alkyl carbamates (subject to hydrolysis) is 1. The molecule has 33 heavy (non-hydrogen) atoms. The van der Waals surface area contributed by atoms with Gasteiger partial charge >= 0.3 is 6.09 Å². The number of amides is 2. The largest absolute Gasteiger partial charge is 0.444 e. The summed E-state index contributed by atoms with van der Waals surface area (Å²) in [6, 6.07) is 14.7. The molecule has 0 fully saturated rings. The molecule has 178 valence electrons. The molecule has 0 bridgehead atoms. The fourth-order valence-corrected chi connectivity index (χ4v) is 4.30. The third-order valence-corrected chi connectivity index (χ3v) is 6.22. The predicted molar refractivity (Wildman–Crippen MR) is 130 cm³/mol. The maximum atomic E-state index is 13.2. The van der Waals surface area contributed by atoms with Gasteiger partial charge in [-0.25, -0.2) is 13.2 Å². The van der Waals surface area contributed by atoms with Gasteiger partial charge in [0.25, 0.3) is 15.9 Å². The van der Waals surface area contributed by atoms with Crippen molar-refractivity contribution in [3.05, 3.63) is 72.3 Å². The smallest absolute Gasteiger partial charge is 0.407 e. The van der Waals surface area contributed by atoms with Crippen LogP contribution in [0.4, 0.5) is 10.5 Å². The molecule has 2 rings (SSSR count). The fraction of sp³-hybridized carbons (Fsp3) is 0.360. The van der Waals surface area contributed by atoms with Gasteiger partial charge in [-0.1, -0.05) is 42.0 Å². The van der Waals surface area contributed by atoms with Crippen molar-refractivity contribution < 1.29 is 22.7 Å². The summed E-state index contributed by atoms with van der Waals surface area (Å²) in [5.41, 5.74) is 0.651. The van der Waals surface area contributed by atoms with Crippen molar-refractivity contribution in [2.24, 2.45) is 0 Å². The highest BCUT2D eigenvalue weighted by Crippen LogP contribution is 2.24. The van der Waals surface area contributed by atoms with Gasteiger partial charge in [-0.15, -0.1) is 0 Å². The Morgan fingerprint density at radius 2 is 1.64 bits per heavy atom. The standard InChI is InChI=1S/C25H32N2O5S/c1-20-15-17-22(18-16-20)33(30,31)27(21-12-8-7-9-13-21)23(28)14-10-5-6-11-19-26-24(29)32-25(2,3)4/h7-10,12-18H,5-6,11,19H2,1-4H3,(H,26,29)/b14-10+. The number of para-hydroxylation sites is 1. The second kappa shape index (κ2) is 11.7. The molecule has 2 amide bonds. The van der Waals surface area contributed by atoms with Crippen LogP contribution in [-0.4, -0.2) is 32.6 Å². The summed E-state index contributed by atoms with van der Waals surface area (Å²) in [5, 5.41) is 2.68. The highest BCUT2D eigenvalue weighted by atomic mass is 32.2. The lowest BCUT2D eigenvalue weighted by Crippen LogP contribution is -2.35. The number of rotatable bonds is 9. The lowest BCUT2D eigenvalue weighted by atomic mass is 10.2. The molecule has 0 saturated heterocycles. The molecule has 0 atom stereocenters.